The van der Waals surface area contributed by atoms with Crippen LogP contribution in [0, 0.1) is 6.92 Å². The quantitative estimate of drug-likeness (QED) is 0.723. The predicted molar refractivity (Wildman–Crippen MR) is 108 cm³/mol. The van der Waals surface area contributed by atoms with Crippen LogP contribution < -0.4 is 10.6 Å². The van der Waals surface area contributed by atoms with E-state index in [9.17, 15) is 13.2 Å². The van der Waals surface area contributed by atoms with Crippen molar-refractivity contribution in [2.75, 3.05) is 23.4 Å². The van der Waals surface area contributed by atoms with Crippen LogP contribution in [-0.4, -0.2) is 48.8 Å². The average Bonchev–Trinajstić information content (AvgIpc) is 3.06. The number of thioether (sulfide) groups is 1. The van der Waals surface area contributed by atoms with Gasteiger partial charge in [0, 0.05) is 23.0 Å². The van der Waals surface area contributed by atoms with Crippen molar-refractivity contribution in [3.8, 4) is 0 Å². The molecule has 6 nitrogen and oxygen atoms in total. The third-order valence-corrected chi connectivity index (χ3v) is 7.77. The van der Waals surface area contributed by atoms with Gasteiger partial charge in [0.25, 0.3) is 5.91 Å². The number of carbonyl (C=O) groups is 1. The Balaban J connectivity index is 1.65. The minimum atomic E-state index is -2.95. The summed E-state index contributed by atoms with van der Waals surface area (Å²) in [6.07, 6.45) is 3.21. The Labute approximate surface area is 159 Å². The number of nitrogens with zero attached hydrogens (tertiary/aromatic N) is 1. The number of hydrogen-bond acceptors (Lipinski definition) is 6. The molecule has 0 saturated carbocycles. The second-order valence-electron chi connectivity index (χ2n) is 6.85. The maximum Gasteiger partial charge on any atom is 0.251 e. The summed E-state index contributed by atoms with van der Waals surface area (Å²) >= 11 is 1.48. The topological polar surface area (TPSA) is 87.6 Å². The maximum atomic E-state index is 12.3. The molecule has 1 fully saturated rings. The Bertz CT molecular complexity index is 821. The van der Waals surface area contributed by atoms with Gasteiger partial charge in [-0.15, -0.1) is 0 Å². The van der Waals surface area contributed by atoms with Crippen LogP contribution in [0.15, 0.2) is 23.2 Å². The lowest BCUT2D eigenvalue weighted by atomic mass is 10.1. The highest BCUT2D eigenvalue weighted by molar-refractivity contribution is 8.15. The first-order chi connectivity index (χ1) is 12.4. The van der Waals surface area contributed by atoms with Gasteiger partial charge < -0.3 is 10.6 Å². The number of aliphatic imine (C=N–C) groups is 1. The Morgan fingerprint density at radius 1 is 1.31 bits per heavy atom. The van der Waals surface area contributed by atoms with E-state index >= 15 is 0 Å². The van der Waals surface area contributed by atoms with Gasteiger partial charge in [-0.1, -0.05) is 37.6 Å². The molecule has 0 bridgehead atoms. The Morgan fingerprint density at radius 3 is 2.85 bits per heavy atom. The second kappa shape index (κ2) is 8.00. The van der Waals surface area contributed by atoms with Crippen LogP contribution in [0.1, 0.15) is 42.1 Å². The molecule has 2 heterocycles. The number of rotatable bonds is 6. The molecule has 142 valence electrons. The molecule has 1 amide bonds. The van der Waals surface area contributed by atoms with Crippen molar-refractivity contribution in [3.05, 3.63) is 29.3 Å². The van der Waals surface area contributed by atoms with E-state index in [1.165, 1.54) is 11.8 Å². The van der Waals surface area contributed by atoms with E-state index < -0.39 is 9.84 Å². The Morgan fingerprint density at radius 2 is 2.12 bits per heavy atom. The lowest BCUT2D eigenvalue weighted by molar-refractivity contribution is 0.0953. The molecule has 1 saturated heterocycles. The molecule has 1 aromatic rings. The summed E-state index contributed by atoms with van der Waals surface area (Å²) in [5.74, 6) is 0.249. The minimum Gasteiger partial charge on any atom is -0.352 e. The largest absolute Gasteiger partial charge is 0.352 e. The number of unbranched alkanes of at least 4 members (excludes halogenated alkanes) is 2. The summed E-state index contributed by atoms with van der Waals surface area (Å²) < 4.78 is 23.3. The third-order valence-electron chi connectivity index (χ3n) is 4.63. The lowest BCUT2D eigenvalue weighted by Gasteiger charge is -2.12. The fourth-order valence-corrected chi connectivity index (χ4v) is 6.78. The summed E-state index contributed by atoms with van der Waals surface area (Å²) in [7, 11) is -2.95. The molecule has 26 heavy (non-hydrogen) atoms. The molecule has 0 unspecified atom stereocenters. The van der Waals surface area contributed by atoms with Gasteiger partial charge in [0.15, 0.2) is 15.0 Å². The molecule has 2 aliphatic rings. The van der Waals surface area contributed by atoms with Crippen molar-refractivity contribution in [2.24, 2.45) is 4.99 Å². The molecule has 2 N–H and O–H groups in total. The van der Waals surface area contributed by atoms with Gasteiger partial charge >= 0.3 is 0 Å². The monoisotopic (exact) mass is 395 g/mol. The van der Waals surface area contributed by atoms with Gasteiger partial charge in [0.1, 0.15) is 0 Å². The number of aryl methyl sites for hydroxylation is 1. The van der Waals surface area contributed by atoms with E-state index in [4.69, 9.17) is 0 Å². The van der Waals surface area contributed by atoms with Crippen LogP contribution in [0.3, 0.4) is 0 Å². The molecular formula is C18H25N3O3S2. The molecule has 0 radical (unpaired) electrons. The summed E-state index contributed by atoms with van der Waals surface area (Å²) in [6, 6.07) is 5.41. The number of benzene rings is 1. The number of nitrogens with one attached hydrogen (secondary N) is 2. The number of carbonyl (C=O) groups excluding carboxylic acids is 1. The van der Waals surface area contributed by atoms with Crippen molar-refractivity contribution in [3.63, 3.8) is 0 Å². The third kappa shape index (κ3) is 4.59. The van der Waals surface area contributed by atoms with E-state index in [0.717, 1.165) is 35.7 Å². The first-order valence-corrected chi connectivity index (χ1v) is 11.7. The van der Waals surface area contributed by atoms with Crippen LogP contribution in [-0.2, 0) is 9.84 Å². The first-order valence-electron chi connectivity index (χ1n) is 8.98. The normalized spacial score (nSPS) is 23.4. The van der Waals surface area contributed by atoms with Crippen molar-refractivity contribution < 1.29 is 13.2 Å². The molecular weight excluding hydrogens is 370 g/mol. The van der Waals surface area contributed by atoms with E-state index in [0.29, 0.717) is 12.1 Å². The number of fused-ring (bicyclic) bond motifs is 1. The van der Waals surface area contributed by atoms with E-state index in [-0.39, 0.29) is 28.7 Å². The Hall–Kier alpha value is -1.54. The summed E-state index contributed by atoms with van der Waals surface area (Å²) in [5, 5.41) is 6.96. The molecule has 1 aromatic carbocycles. The van der Waals surface area contributed by atoms with Gasteiger partial charge in [-0.05, 0) is 31.0 Å². The smallest absolute Gasteiger partial charge is 0.251 e. The first kappa shape index (κ1) is 19.2. The lowest BCUT2D eigenvalue weighted by Crippen LogP contribution is -2.24. The van der Waals surface area contributed by atoms with Crippen molar-refractivity contribution >= 4 is 38.4 Å². The van der Waals surface area contributed by atoms with Crippen LogP contribution in [0.5, 0.6) is 0 Å². The van der Waals surface area contributed by atoms with E-state index in [1.54, 1.807) is 0 Å². The molecule has 2 atom stereocenters. The number of anilines is 1. The standard InChI is InChI=1S/C18H25N3O3S2/c1-3-4-5-8-19-17(22)13-7-6-12(2)14(9-13)20-18-21-15-10-26(23,24)11-16(15)25-18/h6-7,9,15-16H,3-5,8,10-11H2,1-2H3,(H,19,22)(H,20,21)/t15-,16-/m1/s1. The molecule has 3 rings (SSSR count). The van der Waals surface area contributed by atoms with Gasteiger partial charge in [-0.3, -0.25) is 9.79 Å². The zero-order valence-electron chi connectivity index (χ0n) is 15.1. The fourth-order valence-electron chi connectivity index (χ4n) is 3.11. The van der Waals surface area contributed by atoms with Crippen molar-refractivity contribution in [1.29, 1.82) is 0 Å². The number of hydrogen-bond donors (Lipinski definition) is 2. The zero-order valence-corrected chi connectivity index (χ0v) is 16.8. The average molecular weight is 396 g/mol. The van der Waals surface area contributed by atoms with E-state index in [1.807, 2.05) is 25.1 Å². The minimum absolute atomic E-state index is 0.00727. The number of sulfone groups is 1. The van der Waals surface area contributed by atoms with Crippen molar-refractivity contribution in [2.45, 2.75) is 44.4 Å². The van der Waals surface area contributed by atoms with Gasteiger partial charge in [0.05, 0.1) is 17.5 Å². The zero-order chi connectivity index (χ0) is 18.7. The highest BCUT2D eigenvalue weighted by atomic mass is 32.2. The highest BCUT2D eigenvalue weighted by Crippen LogP contribution is 2.35. The second-order valence-corrected chi connectivity index (χ2v) is 10.2. The van der Waals surface area contributed by atoms with Crippen LogP contribution in [0.2, 0.25) is 0 Å². The number of amidine groups is 1. The molecule has 2 aliphatic heterocycles. The molecule has 0 aromatic heterocycles. The Kier molecular flexibility index (Phi) is 5.92. The van der Waals surface area contributed by atoms with Crippen LogP contribution in [0.4, 0.5) is 5.69 Å². The molecule has 0 aliphatic carbocycles. The highest BCUT2D eigenvalue weighted by Gasteiger charge is 2.42. The predicted octanol–water partition coefficient (Wildman–Crippen LogP) is 2.60. The van der Waals surface area contributed by atoms with E-state index in [2.05, 4.69) is 22.5 Å². The maximum absolute atomic E-state index is 12.3. The van der Waals surface area contributed by atoms with Gasteiger partial charge in [-0.25, -0.2) is 8.42 Å². The summed E-state index contributed by atoms with van der Waals surface area (Å²) in [6.45, 7) is 4.79. The van der Waals surface area contributed by atoms with Gasteiger partial charge in [-0.2, -0.15) is 0 Å². The van der Waals surface area contributed by atoms with Crippen LogP contribution >= 0.6 is 11.8 Å². The van der Waals surface area contributed by atoms with Gasteiger partial charge in [0.2, 0.25) is 0 Å². The summed E-state index contributed by atoms with van der Waals surface area (Å²) in [4.78, 5) is 16.8. The van der Waals surface area contributed by atoms with Crippen LogP contribution in [0.25, 0.3) is 0 Å². The fraction of sp³-hybridized carbons (Fsp3) is 0.556. The summed E-state index contributed by atoms with van der Waals surface area (Å²) in [5.41, 5.74) is 2.46. The molecule has 0 spiro atoms. The molecule has 8 heteroatoms. The number of amides is 1. The van der Waals surface area contributed by atoms with Crippen molar-refractivity contribution in [1.82, 2.24) is 5.32 Å². The SMILES string of the molecule is CCCCCNC(=O)c1ccc(C)c(NC2=N[C@@H]3CS(=O)(=O)C[C@H]3S2)c1.